The second-order valence-corrected chi connectivity index (χ2v) is 6.41. The van der Waals surface area contributed by atoms with Crippen LogP contribution in [-0.4, -0.2) is 31.8 Å². The lowest BCUT2D eigenvalue weighted by atomic mass is 10.0. The maximum absolute atomic E-state index is 12.8. The zero-order valence-electron chi connectivity index (χ0n) is 15.7. The standard InChI is InChI=1S/C20H23N5O2/c1-4-17(27-18-10-6-5-8-15(18)14(2)3)20(26)24-16-9-7-11-22-19(16)25-13-21-12-23-25/h5-14,17H,4H2,1-3H3,(H,24,26). The number of hydrogen-bond donors (Lipinski definition) is 1. The number of para-hydroxylation sites is 1. The lowest BCUT2D eigenvalue weighted by molar-refractivity contribution is -0.122. The lowest BCUT2D eigenvalue weighted by Gasteiger charge is -2.21. The molecule has 0 radical (unpaired) electrons. The molecule has 0 aliphatic carbocycles. The molecule has 0 spiro atoms. The second kappa shape index (κ2) is 8.44. The summed E-state index contributed by atoms with van der Waals surface area (Å²) >= 11 is 0. The number of aromatic nitrogens is 4. The van der Waals surface area contributed by atoms with Gasteiger partial charge >= 0.3 is 0 Å². The summed E-state index contributed by atoms with van der Waals surface area (Å²) in [5, 5.41) is 6.98. The number of carbonyl (C=O) groups excluding carboxylic acids is 1. The molecule has 0 fully saturated rings. The van der Waals surface area contributed by atoms with Gasteiger partial charge in [-0.1, -0.05) is 39.0 Å². The van der Waals surface area contributed by atoms with Crippen LogP contribution in [0.4, 0.5) is 5.69 Å². The first kappa shape index (κ1) is 18.6. The van der Waals surface area contributed by atoms with Crippen molar-refractivity contribution in [2.75, 3.05) is 5.32 Å². The van der Waals surface area contributed by atoms with Gasteiger partial charge in [-0.2, -0.15) is 5.10 Å². The van der Waals surface area contributed by atoms with Crippen molar-refractivity contribution in [1.82, 2.24) is 19.7 Å². The third kappa shape index (κ3) is 4.31. The van der Waals surface area contributed by atoms with Gasteiger partial charge < -0.3 is 10.1 Å². The molecule has 140 valence electrons. The third-order valence-corrected chi connectivity index (χ3v) is 4.15. The van der Waals surface area contributed by atoms with Gasteiger partial charge in [0.05, 0.1) is 5.69 Å². The number of benzene rings is 1. The maximum Gasteiger partial charge on any atom is 0.265 e. The summed E-state index contributed by atoms with van der Waals surface area (Å²) in [4.78, 5) is 21.1. The fourth-order valence-corrected chi connectivity index (χ4v) is 2.75. The highest BCUT2D eigenvalue weighted by Gasteiger charge is 2.22. The summed E-state index contributed by atoms with van der Waals surface area (Å²) in [6, 6.07) is 11.3. The van der Waals surface area contributed by atoms with Gasteiger partial charge in [-0.3, -0.25) is 4.79 Å². The molecule has 0 bridgehead atoms. The van der Waals surface area contributed by atoms with Crippen molar-refractivity contribution in [2.24, 2.45) is 0 Å². The third-order valence-electron chi connectivity index (χ3n) is 4.15. The molecule has 0 saturated heterocycles. The normalized spacial score (nSPS) is 12.0. The Morgan fingerprint density at radius 1 is 1.22 bits per heavy atom. The number of rotatable bonds is 7. The van der Waals surface area contributed by atoms with Crippen LogP contribution in [0.25, 0.3) is 5.82 Å². The number of ether oxygens (including phenoxy) is 1. The number of anilines is 1. The van der Waals surface area contributed by atoms with Crippen LogP contribution in [0.2, 0.25) is 0 Å². The zero-order chi connectivity index (χ0) is 19.2. The topological polar surface area (TPSA) is 81.9 Å². The van der Waals surface area contributed by atoms with E-state index in [9.17, 15) is 4.79 Å². The highest BCUT2D eigenvalue weighted by atomic mass is 16.5. The summed E-state index contributed by atoms with van der Waals surface area (Å²) < 4.78 is 7.56. The Hall–Kier alpha value is -3.22. The van der Waals surface area contributed by atoms with Gasteiger partial charge in [0.2, 0.25) is 0 Å². The fraction of sp³-hybridized carbons (Fsp3) is 0.300. The van der Waals surface area contributed by atoms with E-state index in [0.29, 0.717) is 23.8 Å². The van der Waals surface area contributed by atoms with Crippen molar-refractivity contribution >= 4 is 11.6 Å². The fourth-order valence-electron chi connectivity index (χ4n) is 2.75. The van der Waals surface area contributed by atoms with Crippen LogP contribution in [-0.2, 0) is 4.79 Å². The summed E-state index contributed by atoms with van der Waals surface area (Å²) in [5.74, 6) is 1.31. The summed E-state index contributed by atoms with van der Waals surface area (Å²) in [6.45, 7) is 6.12. The minimum atomic E-state index is -0.617. The van der Waals surface area contributed by atoms with Crippen LogP contribution in [0.3, 0.4) is 0 Å². The predicted octanol–water partition coefficient (Wildman–Crippen LogP) is 3.58. The minimum absolute atomic E-state index is 0.231. The molecule has 7 heteroatoms. The Morgan fingerprint density at radius 2 is 2.04 bits per heavy atom. The van der Waals surface area contributed by atoms with E-state index < -0.39 is 6.10 Å². The molecule has 0 aliphatic rings. The monoisotopic (exact) mass is 365 g/mol. The first-order chi connectivity index (χ1) is 13.1. The van der Waals surface area contributed by atoms with E-state index in [1.807, 2.05) is 31.2 Å². The quantitative estimate of drug-likeness (QED) is 0.692. The van der Waals surface area contributed by atoms with Crippen LogP contribution in [0, 0.1) is 0 Å². The van der Waals surface area contributed by atoms with Crippen LogP contribution in [0.5, 0.6) is 5.75 Å². The van der Waals surface area contributed by atoms with E-state index in [2.05, 4.69) is 34.2 Å². The summed E-state index contributed by atoms with van der Waals surface area (Å²) in [5.41, 5.74) is 1.63. The maximum atomic E-state index is 12.8. The van der Waals surface area contributed by atoms with Crippen molar-refractivity contribution in [3.63, 3.8) is 0 Å². The van der Waals surface area contributed by atoms with Gasteiger partial charge in [-0.05, 0) is 36.1 Å². The van der Waals surface area contributed by atoms with Gasteiger partial charge in [0.25, 0.3) is 5.91 Å². The molecule has 0 aliphatic heterocycles. The second-order valence-electron chi connectivity index (χ2n) is 6.41. The van der Waals surface area contributed by atoms with E-state index in [1.165, 1.54) is 17.3 Å². The van der Waals surface area contributed by atoms with Crippen molar-refractivity contribution in [2.45, 2.75) is 39.2 Å². The van der Waals surface area contributed by atoms with Gasteiger partial charge in [0, 0.05) is 6.20 Å². The molecule has 1 unspecified atom stereocenters. The van der Waals surface area contributed by atoms with E-state index in [0.717, 1.165) is 11.3 Å². The molecule has 2 heterocycles. The van der Waals surface area contributed by atoms with Crippen LogP contribution < -0.4 is 10.1 Å². The molecule has 3 rings (SSSR count). The molecule has 1 N–H and O–H groups in total. The first-order valence-corrected chi connectivity index (χ1v) is 8.96. The van der Waals surface area contributed by atoms with Crippen LogP contribution in [0.1, 0.15) is 38.7 Å². The molecule has 0 saturated carbocycles. The highest BCUT2D eigenvalue weighted by molar-refractivity contribution is 5.95. The van der Waals surface area contributed by atoms with E-state index in [4.69, 9.17) is 4.74 Å². The summed E-state index contributed by atoms with van der Waals surface area (Å²) in [6.07, 6.45) is 4.51. The molecule has 1 atom stereocenters. The largest absolute Gasteiger partial charge is 0.480 e. The number of carbonyl (C=O) groups is 1. The van der Waals surface area contributed by atoms with Gasteiger partial charge in [0.15, 0.2) is 11.9 Å². The molecule has 2 aromatic heterocycles. The molecular weight excluding hydrogens is 342 g/mol. The van der Waals surface area contributed by atoms with E-state index in [-0.39, 0.29) is 5.91 Å². The SMILES string of the molecule is CCC(Oc1ccccc1C(C)C)C(=O)Nc1cccnc1-n1cncn1. The molecular formula is C20H23N5O2. The molecule has 3 aromatic rings. The van der Waals surface area contributed by atoms with E-state index >= 15 is 0 Å². The Kier molecular flexibility index (Phi) is 5.80. The zero-order valence-corrected chi connectivity index (χ0v) is 15.7. The highest BCUT2D eigenvalue weighted by Crippen LogP contribution is 2.27. The number of nitrogens with one attached hydrogen (secondary N) is 1. The van der Waals surface area contributed by atoms with Crippen molar-refractivity contribution in [3.05, 3.63) is 60.8 Å². The van der Waals surface area contributed by atoms with Gasteiger partial charge in [-0.15, -0.1) is 0 Å². The lowest BCUT2D eigenvalue weighted by Crippen LogP contribution is -2.33. The molecule has 1 aromatic carbocycles. The van der Waals surface area contributed by atoms with E-state index in [1.54, 1.807) is 18.3 Å². The molecule has 1 amide bonds. The number of pyridine rings is 1. The number of hydrogen-bond acceptors (Lipinski definition) is 5. The predicted molar refractivity (Wildman–Crippen MR) is 103 cm³/mol. The van der Waals surface area contributed by atoms with Crippen LogP contribution >= 0.6 is 0 Å². The van der Waals surface area contributed by atoms with Crippen LogP contribution in [0.15, 0.2) is 55.2 Å². The average molecular weight is 365 g/mol. The molecule has 7 nitrogen and oxygen atoms in total. The Balaban J connectivity index is 1.80. The van der Waals surface area contributed by atoms with Crippen molar-refractivity contribution < 1.29 is 9.53 Å². The van der Waals surface area contributed by atoms with Gasteiger partial charge in [-0.25, -0.2) is 14.6 Å². The number of nitrogens with zero attached hydrogens (tertiary/aromatic N) is 4. The smallest absolute Gasteiger partial charge is 0.265 e. The Morgan fingerprint density at radius 3 is 2.74 bits per heavy atom. The number of amides is 1. The van der Waals surface area contributed by atoms with Crippen molar-refractivity contribution in [1.29, 1.82) is 0 Å². The summed E-state index contributed by atoms with van der Waals surface area (Å²) in [7, 11) is 0. The minimum Gasteiger partial charge on any atom is -0.480 e. The van der Waals surface area contributed by atoms with Gasteiger partial charge in [0.1, 0.15) is 18.4 Å². The average Bonchev–Trinajstić information content (AvgIpc) is 3.21. The first-order valence-electron chi connectivity index (χ1n) is 8.96. The Bertz CT molecular complexity index is 893. The Labute approximate surface area is 158 Å². The molecule has 27 heavy (non-hydrogen) atoms. The van der Waals surface area contributed by atoms with Crippen molar-refractivity contribution in [3.8, 4) is 11.6 Å².